The fourth-order valence-electron chi connectivity index (χ4n) is 2.09. The molecule has 0 bridgehead atoms. The van der Waals surface area contributed by atoms with Gasteiger partial charge in [-0.15, -0.1) is 0 Å². The number of allylic oxidation sites excluding steroid dienone is 1. The van der Waals surface area contributed by atoms with Gasteiger partial charge in [0.15, 0.2) is 0 Å². The smallest absolute Gasteiger partial charge is 0.330 e. The highest BCUT2D eigenvalue weighted by Crippen LogP contribution is 2.31. The second kappa shape index (κ2) is 6.30. The van der Waals surface area contributed by atoms with Crippen LogP contribution in [0.4, 0.5) is 0 Å². The SMILES string of the molecule is CCOC(=O)/C=C/C1CCCCC1C(=O)O. The Kier molecular flexibility index (Phi) is 5.02. The zero-order valence-corrected chi connectivity index (χ0v) is 9.52. The molecule has 2 unspecified atom stereocenters. The van der Waals surface area contributed by atoms with E-state index < -0.39 is 11.9 Å². The summed E-state index contributed by atoms with van der Waals surface area (Å²) in [6.45, 7) is 2.09. The maximum atomic E-state index is 11.1. The van der Waals surface area contributed by atoms with Crippen molar-refractivity contribution in [3.05, 3.63) is 12.2 Å². The average Bonchev–Trinajstić information content (AvgIpc) is 2.27. The molecule has 1 aliphatic rings. The van der Waals surface area contributed by atoms with E-state index >= 15 is 0 Å². The Bertz CT molecular complexity index is 283. The van der Waals surface area contributed by atoms with E-state index in [1.165, 1.54) is 6.08 Å². The monoisotopic (exact) mass is 226 g/mol. The molecule has 0 aromatic heterocycles. The average molecular weight is 226 g/mol. The number of carbonyl (C=O) groups is 2. The van der Waals surface area contributed by atoms with Crippen LogP contribution in [0.3, 0.4) is 0 Å². The summed E-state index contributed by atoms with van der Waals surface area (Å²) in [6.07, 6.45) is 6.58. The van der Waals surface area contributed by atoms with E-state index in [9.17, 15) is 9.59 Å². The maximum absolute atomic E-state index is 11.1. The van der Waals surface area contributed by atoms with Gasteiger partial charge < -0.3 is 9.84 Å². The normalized spacial score (nSPS) is 25.6. The zero-order valence-electron chi connectivity index (χ0n) is 9.52. The Morgan fingerprint density at radius 2 is 2.06 bits per heavy atom. The van der Waals surface area contributed by atoms with Crippen LogP contribution in [0.25, 0.3) is 0 Å². The Hall–Kier alpha value is -1.32. The topological polar surface area (TPSA) is 63.6 Å². The summed E-state index contributed by atoms with van der Waals surface area (Å²) in [6, 6.07) is 0. The summed E-state index contributed by atoms with van der Waals surface area (Å²) in [7, 11) is 0. The minimum absolute atomic E-state index is 0.0318. The van der Waals surface area contributed by atoms with E-state index in [-0.39, 0.29) is 11.8 Å². The number of carboxylic acids is 1. The largest absolute Gasteiger partial charge is 0.481 e. The molecule has 2 atom stereocenters. The highest BCUT2D eigenvalue weighted by molar-refractivity contribution is 5.82. The van der Waals surface area contributed by atoms with Crippen LogP contribution in [0.2, 0.25) is 0 Å². The Balaban J connectivity index is 2.55. The van der Waals surface area contributed by atoms with Crippen LogP contribution >= 0.6 is 0 Å². The van der Waals surface area contributed by atoms with E-state index in [0.717, 1.165) is 19.3 Å². The van der Waals surface area contributed by atoms with Crippen LogP contribution in [-0.2, 0) is 14.3 Å². The van der Waals surface area contributed by atoms with Gasteiger partial charge in [-0.3, -0.25) is 4.79 Å². The Morgan fingerprint density at radius 3 is 2.69 bits per heavy atom. The first-order valence-electron chi connectivity index (χ1n) is 5.73. The molecule has 0 spiro atoms. The van der Waals surface area contributed by atoms with E-state index in [0.29, 0.717) is 13.0 Å². The second-order valence-corrected chi connectivity index (χ2v) is 4.00. The van der Waals surface area contributed by atoms with Crippen LogP contribution in [-0.4, -0.2) is 23.7 Å². The first-order chi connectivity index (χ1) is 7.65. The molecule has 16 heavy (non-hydrogen) atoms. The van der Waals surface area contributed by atoms with Gasteiger partial charge in [-0.05, 0) is 25.7 Å². The van der Waals surface area contributed by atoms with Gasteiger partial charge >= 0.3 is 11.9 Å². The lowest BCUT2D eigenvalue weighted by Gasteiger charge is -2.25. The van der Waals surface area contributed by atoms with Crippen molar-refractivity contribution >= 4 is 11.9 Å². The third kappa shape index (κ3) is 3.68. The lowest BCUT2D eigenvalue weighted by Crippen LogP contribution is -2.25. The van der Waals surface area contributed by atoms with Crippen LogP contribution in [0.15, 0.2) is 12.2 Å². The van der Waals surface area contributed by atoms with Gasteiger partial charge in [0.05, 0.1) is 12.5 Å². The number of hydrogen-bond donors (Lipinski definition) is 1. The fraction of sp³-hybridized carbons (Fsp3) is 0.667. The standard InChI is InChI=1S/C12H18O4/c1-2-16-11(13)8-7-9-5-3-4-6-10(9)12(14)15/h7-10H,2-6H2,1H3,(H,14,15)/b8-7+. The van der Waals surface area contributed by atoms with E-state index in [1.807, 2.05) is 0 Å². The van der Waals surface area contributed by atoms with Gasteiger partial charge in [0.25, 0.3) is 0 Å². The molecule has 4 nitrogen and oxygen atoms in total. The maximum Gasteiger partial charge on any atom is 0.330 e. The first-order valence-corrected chi connectivity index (χ1v) is 5.73. The van der Waals surface area contributed by atoms with E-state index in [4.69, 9.17) is 9.84 Å². The number of aliphatic carboxylic acids is 1. The Labute approximate surface area is 95.3 Å². The molecule has 4 heteroatoms. The molecule has 0 amide bonds. The minimum Gasteiger partial charge on any atom is -0.481 e. The van der Waals surface area contributed by atoms with Gasteiger partial charge in [0.1, 0.15) is 0 Å². The highest BCUT2D eigenvalue weighted by Gasteiger charge is 2.28. The highest BCUT2D eigenvalue weighted by atomic mass is 16.5. The number of carbonyl (C=O) groups excluding carboxylic acids is 1. The summed E-state index contributed by atoms with van der Waals surface area (Å²) in [4.78, 5) is 22.1. The van der Waals surface area contributed by atoms with Crippen molar-refractivity contribution in [2.45, 2.75) is 32.6 Å². The summed E-state index contributed by atoms with van der Waals surface area (Å²) in [5, 5.41) is 9.03. The van der Waals surface area contributed by atoms with Gasteiger partial charge in [-0.25, -0.2) is 4.79 Å². The molecule has 0 aromatic rings. The molecule has 1 rings (SSSR count). The number of hydrogen-bond acceptors (Lipinski definition) is 3. The van der Waals surface area contributed by atoms with Crippen LogP contribution in [0.1, 0.15) is 32.6 Å². The van der Waals surface area contributed by atoms with Gasteiger partial charge in [-0.1, -0.05) is 18.9 Å². The van der Waals surface area contributed by atoms with Gasteiger partial charge in [0, 0.05) is 6.08 Å². The van der Waals surface area contributed by atoms with E-state index in [2.05, 4.69) is 0 Å². The zero-order chi connectivity index (χ0) is 12.0. The predicted octanol–water partition coefficient (Wildman–Crippen LogP) is 2.00. The predicted molar refractivity (Wildman–Crippen MR) is 58.9 cm³/mol. The van der Waals surface area contributed by atoms with Crippen LogP contribution in [0, 0.1) is 11.8 Å². The third-order valence-electron chi connectivity index (χ3n) is 2.90. The molecule has 0 aromatic carbocycles. The third-order valence-corrected chi connectivity index (χ3v) is 2.90. The van der Waals surface area contributed by atoms with Crippen molar-refractivity contribution < 1.29 is 19.4 Å². The van der Waals surface area contributed by atoms with Crippen molar-refractivity contribution in [1.29, 1.82) is 0 Å². The molecule has 0 radical (unpaired) electrons. The lowest BCUT2D eigenvalue weighted by molar-refractivity contribution is -0.144. The number of ether oxygens (including phenoxy) is 1. The molecule has 0 heterocycles. The van der Waals surface area contributed by atoms with Crippen molar-refractivity contribution in [3.63, 3.8) is 0 Å². The first kappa shape index (κ1) is 12.7. The van der Waals surface area contributed by atoms with Crippen LogP contribution < -0.4 is 0 Å². The summed E-state index contributed by atoms with van der Waals surface area (Å²) in [5.41, 5.74) is 0. The molecule has 90 valence electrons. The minimum atomic E-state index is -0.766. The van der Waals surface area contributed by atoms with Crippen molar-refractivity contribution in [1.82, 2.24) is 0 Å². The molecule has 1 aliphatic carbocycles. The molecule has 1 saturated carbocycles. The van der Waals surface area contributed by atoms with Crippen molar-refractivity contribution in [2.24, 2.45) is 11.8 Å². The quantitative estimate of drug-likeness (QED) is 0.588. The van der Waals surface area contributed by atoms with Gasteiger partial charge in [0.2, 0.25) is 0 Å². The van der Waals surface area contributed by atoms with Gasteiger partial charge in [-0.2, -0.15) is 0 Å². The Morgan fingerprint density at radius 1 is 1.38 bits per heavy atom. The molecule has 1 N–H and O–H groups in total. The molecule has 0 aliphatic heterocycles. The molecular weight excluding hydrogens is 208 g/mol. The molecular formula is C12H18O4. The summed E-state index contributed by atoms with van der Waals surface area (Å²) in [5.74, 6) is -1.54. The molecule has 1 fully saturated rings. The number of rotatable bonds is 4. The summed E-state index contributed by atoms with van der Waals surface area (Å²) >= 11 is 0. The second-order valence-electron chi connectivity index (χ2n) is 4.00. The van der Waals surface area contributed by atoms with Crippen molar-refractivity contribution in [2.75, 3.05) is 6.61 Å². The molecule has 0 saturated heterocycles. The fourth-order valence-corrected chi connectivity index (χ4v) is 2.09. The number of carboxylic acid groups (broad SMARTS) is 1. The van der Waals surface area contributed by atoms with Crippen LogP contribution in [0.5, 0.6) is 0 Å². The lowest BCUT2D eigenvalue weighted by atomic mass is 9.79. The number of esters is 1. The van der Waals surface area contributed by atoms with E-state index in [1.54, 1.807) is 13.0 Å². The summed E-state index contributed by atoms with van der Waals surface area (Å²) < 4.78 is 4.76. The van der Waals surface area contributed by atoms with Crippen molar-refractivity contribution in [3.8, 4) is 0 Å².